The van der Waals surface area contributed by atoms with Crippen LogP contribution in [0, 0.1) is 0 Å². The highest BCUT2D eigenvalue weighted by atomic mass is 16.2. The van der Waals surface area contributed by atoms with Crippen LogP contribution in [-0.4, -0.2) is 36.1 Å². The van der Waals surface area contributed by atoms with Crippen molar-refractivity contribution in [2.75, 3.05) is 6.54 Å². The van der Waals surface area contributed by atoms with E-state index in [0.29, 0.717) is 36.2 Å². The van der Waals surface area contributed by atoms with Crippen molar-refractivity contribution in [1.29, 1.82) is 0 Å². The van der Waals surface area contributed by atoms with Gasteiger partial charge in [0.25, 0.3) is 11.5 Å². The van der Waals surface area contributed by atoms with E-state index in [1.807, 2.05) is 0 Å². The molecule has 0 unspecified atom stereocenters. The molecule has 130 valence electrons. The topological polar surface area (TPSA) is 104 Å². The van der Waals surface area contributed by atoms with Gasteiger partial charge in [0, 0.05) is 39.6 Å². The van der Waals surface area contributed by atoms with E-state index < -0.39 is 5.69 Å². The second kappa shape index (κ2) is 6.71. The minimum atomic E-state index is -0.411. The lowest BCUT2D eigenvalue weighted by Gasteiger charge is -2.07. The van der Waals surface area contributed by atoms with E-state index in [-0.39, 0.29) is 11.5 Å². The van der Waals surface area contributed by atoms with Crippen molar-refractivity contribution in [3.05, 3.63) is 57.3 Å². The number of fused-ring (bicyclic) bond motifs is 1. The van der Waals surface area contributed by atoms with Gasteiger partial charge >= 0.3 is 5.69 Å². The molecule has 0 spiro atoms. The van der Waals surface area contributed by atoms with Gasteiger partial charge in [-0.3, -0.25) is 23.7 Å². The molecule has 0 saturated heterocycles. The van der Waals surface area contributed by atoms with Gasteiger partial charge in [-0.25, -0.2) is 9.78 Å². The first kappa shape index (κ1) is 16.6. The Bertz CT molecular complexity index is 1030. The zero-order valence-corrected chi connectivity index (χ0v) is 14.0. The van der Waals surface area contributed by atoms with Gasteiger partial charge in [0.05, 0.1) is 11.9 Å². The number of amides is 1. The second-order valence-electron chi connectivity index (χ2n) is 5.67. The van der Waals surface area contributed by atoms with Gasteiger partial charge in [0.15, 0.2) is 11.2 Å². The smallest absolute Gasteiger partial charge is 0.332 e. The van der Waals surface area contributed by atoms with Gasteiger partial charge in [0.1, 0.15) is 0 Å². The highest BCUT2D eigenvalue weighted by Crippen LogP contribution is 2.06. The monoisotopic (exact) mass is 342 g/mol. The van der Waals surface area contributed by atoms with Gasteiger partial charge < -0.3 is 9.88 Å². The Hall–Kier alpha value is -3.23. The van der Waals surface area contributed by atoms with Crippen LogP contribution >= 0.6 is 0 Å². The molecule has 0 bridgehead atoms. The van der Waals surface area contributed by atoms with E-state index in [1.165, 1.54) is 24.1 Å². The number of imidazole rings is 1. The van der Waals surface area contributed by atoms with Crippen LogP contribution in [0.5, 0.6) is 0 Å². The summed E-state index contributed by atoms with van der Waals surface area (Å²) in [7, 11) is 3.02. The lowest BCUT2D eigenvalue weighted by atomic mass is 10.2. The van der Waals surface area contributed by atoms with E-state index in [1.54, 1.807) is 29.9 Å². The van der Waals surface area contributed by atoms with Gasteiger partial charge in [-0.2, -0.15) is 0 Å². The second-order valence-corrected chi connectivity index (χ2v) is 5.67. The van der Waals surface area contributed by atoms with Crippen LogP contribution in [0.1, 0.15) is 16.8 Å². The lowest BCUT2D eigenvalue weighted by molar-refractivity contribution is 0.0952. The third-order valence-electron chi connectivity index (χ3n) is 4.00. The molecule has 3 aromatic rings. The Labute approximate surface area is 142 Å². The molecule has 1 amide bonds. The van der Waals surface area contributed by atoms with Crippen LogP contribution in [0.25, 0.3) is 11.2 Å². The number of pyridine rings is 1. The highest BCUT2D eigenvalue weighted by molar-refractivity contribution is 5.93. The van der Waals surface area contributed by atoms with Gasteiger partial charge in [-0.1, -0.05) is 0 Å². The Morgan fingerprint density at radius 3 is 2.76 bits per heavy atom. The van der Waals surface area contributed by atoms with Crippen molar-refractivity contribution in [2.24, 2.45) is 14.1 Å². The molecular formula is C16H18N6O3. The average molecular weight is 342 g/mol. The van der Waals surface area contributed by atoms with E-state index >= 15 is 0 Å². The van der Waals surface area contributed by atoms with Gasteiger partial charge in [0.2, 0.25) is 0 Å². The molecule has 0 atom stereocenters. The molecule has 0 aliphatic carbocycles. The van der Waals surface area contributed by atoms with Gasteiger partial charge in [-0.05, 0) is 18.6 Å². The predicted molar refractivity (Wildman–Crippen MR) is 91.4 cm³/mol. The zero-order chi connectivity index (χ0) is 18.0. The maximum absolute atomic E-state index is 12.3. The molecule has 0 fully saturated rings. The largest absolute Gasteiger partial charge is 0.352 e. The summed E-state index contributed by atoms with van der Waals surface area (Å²) in [6.07, 6.45) is 5.26. The Morgan fingerprint density at radius 2 is 2.04 bits per heavy atom. The van der Waals surface area contributed by atoms with Crippen LogP contribution in [-0.2, 0) is 20.6 Å². The number of nitrogens with zero attached hydrogens (tertiary/aromatic N) is 5. The standard InChI is InChI=1S/C16H18N6O3/c1-20-13-12(15(24)21(2)16(20)25)22(10-19-13)8-4-7-18-14(23)11-5-3-6-17-9-11/h3,5-6,9-10H,4,7-8H2,1-2H3,(H,18,23). The third-order valence-corrected chi connectivity index (χ3v) is 4.00. The quantitative estimate of drug-likeness (QED) is 0.638. The van der Waals surface area contributed by atoms with Crippen LogP contribution in [0.3, 0.4) is 0 Å². The summed E-state index contributed by atoms with van der Waals surface area (Å²) >= 11 is 0. The fourth-order valence-corrected chi connectivity index (χ4v) is 2.62. The number of hydrogen-bond donors (Lipinski definition) is 1. The van der Waals surface area contributed by atoms with Crippen molar-refractivity contribution in [3.8, 4) is 0 Å². The minimum Gasteiger partial charge on any atom is -0.352 e. The lowest BCUT2D eigenvalue weighted by Crippen LogP contribution is -2.37. The van der Waals surface area contributed by atoms with Crippen molar-refractivity contribution in [2.45, 2.75) is 13.0 Å². The number of nitrogens with one attached hydrogen (secondary N) is 1. The fraction of sp³-hybridized carbons (Fsp3) is 0.312. The normalized spacial score (nSPS) is 11.0. The number of aromatic nitrogens is 5. The van der Waals surface area contributed by atoms with Gasteiger partial charge in [-0.15, -0.1) is 0 Å². The Balaban J connectivity index is 1.69. The zero-order valence-electron chi connectivity index (χ0n) is 14.0. The number of hydrogen-bond acceptors (Lipinski definition) is 5. The number of rotatable bonds is 5. The van der Waals surface area contributed by atoms with Crippen LogP contribution in [0.15, 0.2) is 40.4 Å². The summed E-state index contributed by atoms with van der Waals surface area (Å²) in [5, 5.41) is 2.80. The Kier molecular flexibility index (Phi) is 4.46. The maximum Gasteiger partial charge on any atom is 0.332 e. The fourth-order valence-electron chi connectivity index (χ4n) is 2.62. The highest BCUT2D eigenvalue weighted by Gasteiger charge is 2.14. The summed E-state index contributed by atoms with van der Waals surface area (Å²) < 4.78 is 4.11. The Morgan fingerprint density at radius 1 is 1.24 bits per heavy atom. The molecule has 0 saturated carbocycles. The van der Waals surface area contributed by atoms with E-state index in [9.17, 15) is 14.4 Å². The first-order chi connectivity index (χ1) is 12.0. The number of carbonyl (C=O) groups excluding carboxylic acids is 1. The first-order valence-corrected chi connectivity index (χ1v) is 7.80. The third kappa shape index (κ3) is 3.08. The summed E-state index contributed by atoms with van der Waals surface area (Å²) in [6, 6.07) is 3.39. The van der Waals surface area contributed by atoms with E-state index in [4.69, 9.17) is 0 Å². The van der Waals surface area contributed by atoms with Crippen molar-refractivity contribution in [3.63, 3.8) is 0 Å². The first-order valence-electron chi connectivity index (χ1n) is 7.80. The van der Waals surface area contributed by atoms with Crippen LogP contribution in [0.4, 0.5) is 0 Å². The van der Waals surface area contributed by atoms with Crippen LogP contribution in [0.2, 0.25) is 0 Å². The summed E-state index contributed by atoms with van der Waals surface area (Å²) in [6.45, 7) is 0.941. The molecule has 9 heteroatoms. The van der Waals surface area contributed by atoms with Crippen molar-refractivity contribution in [1.82, 2.24) is 29.0 Å². The van der Waals surface area contributed by atoms with Crippen molar-refractivity contribution < 1.29 is 4.79 Å². The van der Waals surface area contributed by atoms with Crippen molar-refractivity contribution >= 4 is 17.1 Å². The summed E-state index contributed by atoms with van der Waals surface area (Å²) in [4.78, 5) is 44.2. The molecular weight excluding hydrogens is 324 g/mol. The predicted octanol–water partition coefficient (Wildman–Crippen LogP) is -0.351. The average Bonchev–Trinajstić information content (AvgIpc) is 3.06. The van der Waals surface area contributed by atoms with E-state index in [0.717, 1.165) is 4.57 Å². The van der Waals surface area contributed by atoms with Crippen LogP contribution < -0.4 is 16.6 Å². The van der Waals surface area contributed by atoms with E-state index in [2.05, 4.69) is 15.3 Å². The molecule has 0 aliphatic heterocycles. The molecule has 25 heavy (non-hydrogen) atoms. The molecule has 3 rings (SSSR count). The molecule has 0 radical (unpaired) electrons. The SMILES string of the molecule is Cn1c(=O)c2c(ncn2CCCNC(=O)c2cccnc2)n(C)c1=O. The summed E-state index contributed by atoms with van der Waals surface area (Å²) in [5.74, 6) is -0.193. The minimum absolute atomic E-state index is 0.193. The summed E-state index contributed by atoms with van der Waals surface area (Å²) in [5.41, 5.74) is 0.441. The molecule has 0 aliphatic rings. The molecule has 9 nitrogen and oxygen atoms in total. The number of carbonyl (C=O) groups is 1. The molecule has 0 aromatic carbocycles. The number of aryl methyl sites for hydroxylation is 2. The maximum atomic E-state index is 12.3. The molecule has 1 N–H and O–H groups in total. The molecule has 3 heterocycles. The molecule has 3 aromatic heterocycles.